The SMILES string of the molecule is COc1cccc2nc(Nc3ccc(N4CCOCC4)cc3)ccc12. The number of methoxy groups -OCH3 is 1. The summed E-state index contributed by atoms with van der Waals surface area (Å²) in [7, 11) is 1.68. The molecule has 0 radical (unpaired) electrons. The number of hydrogen-bond acceptors (Lipinski definition) is 5. The Kier molecular flexibility index (Phi) is 4.39. The van der Waals surface area contributed by atoms with Crippen LogP contribution in [0.5, 0.6) is 5.75 Å². The van der Waals surface area contributed by atoms with Gasteiger partial charge in [-0.25, -0.2) is 4.98 Å². The van der Waals surface area contributed by atoms with Gasteiger partial charge in [-0.15, -0.1) is 0 Å². The van der Waals surface area contributed by atoms with Crippen molar-refractivity contribution in [3.63, 3.8) is 0 Å². The Morgan fingerprint density at radius 2 is 1.80 bits per heavy atom. The lowest BCUT2D eigenvalue weighted by atomic mass is 10.2. The van der Waals surface area contributed by atoms with Crippen LogP contribution in [0.2, 0.25) is 0 Å². The van der Waals surface area contributed by atoms with E-state index in [0.29, 0.717) is 0 Å². The smallest absolute Gasteiger partial charge is 0.131 e. The highest BCUT2D eigenvalue weighted by atomic mass is 16.5. The molecule has 25 heavy (non-hydrogen) atoms. The van der Waals surface area contributed by atoms with E-state index < -0.39 is 0 Å². The molecule has 0 atom stereocenters. The lowest BCUT2D eigenvalue weighted by molar-refractivity contribution is 0.122. The quantitative estimate of drug-likeness (QED) is 0.785. The minimum atomic E-state index is 0.796. The Labute approximate surface area is 147 Å². The molecule has 0 aliphatic carbocycles. The summed E-state index contributed by atoms with van der Waals surface area (Å²) in [6.45, 7) is 3.48. The fraction of sp³-hybridized carbons (Fsp3) is 0.250. The molecular weight excluding hydrogens is 314 g/mol. The average molecular weight is 335 g/mol. The van der Waals surface area contributed by atoms with Crippen LogP contribution in [0.15, 0.2) is 54.6 Å². The predicted molar refractivity (Wildman–Crippen MR) is 101 cm³/mol. The molecule has 2 aromatic carbocycles. The van der Waals surface area contributed by atoms with Crippen molar-refractivity contribution in [2.75, 3.05) is 43.6 Å². The van der Waals surface area contributed by atoms with E-state index in [2.05, 4.69) is 39.5 Å². The number of morpholine rings is 1. The van der Waals surface area contributed by atoms with E-state index in [1.807, 2.05) is 30.3 Å². The summed E-state index contributed by atoms with van der Waals surface area (Å²) in [5.74, 6) is 1.66. The first-order valence-corrected chi connectivity index (χ1v) is 8.47. The monoisotopic (exact) mass is 335 g/mol. The number of fused-ring (bicyclic) bond motifs is 1. The summed E-state index contributed by atoms with van der Waals surface area (Å²) >= 11 is 0. The third-order valence-corrected chi connectivity index (χ3v) is 4.43. The molecular formula is C20H21N3O2. The van der Waals surface area contributed by atoms with E-state index in [1.54, 1.807) is 7.11 Å². The average Bonchev–Trinajstić information content (AvgIpc) is 2.68. The third-order valence-electron chi connectivity index (χ3n) is 4.43. The van der Waals surface area contributed by atoms with Gasteiger partial charge in [0.25, 0.3) is 0 Å². The van der Waals surface area contributed by atoms with Crippen LogP contribution in [0.25, 0.3) is 10.9 Å². The Hall–Kier alpha value is -2.79. The molecule has 3 aromatic rings. The predicted octanol–water partition coefficient (Wildman–Crippen LogP) is 3.82. The van der Waals surface area contributed by atoms with E-state index in [-0.39, 0.29) is 0 Å². The van der Waals surface area contributed by atoms with Gasteiger partial charge >= 0.3 is 0 Å². The Morgan fingerprint density at radius 1 is 1.00 bits per heavy atom. The molecule has 0 saturated carbocycles. The van der Waals surface area contributed by atoms with Gasteiger partial charge in [-0.05, 0) is 48.5 Å². The molecule has 4 rings (SSSR count). The zero-order chi connectivity index (χ0) is 17.1. The van der Waals surface area contributed by atoms with Gasteiger partial charge in [0, 0.05) is 29.9 Å². The van der Waals surface area contributed by atoms with Crippen molar-refractivity contribution in [2.45, 2.75) is 0 Å². The summed E-state index contributed by atoms with van der Waals surface area (Å²) in [4.78, 5) is 7.01. The van der Waals surface area contributed by atoms with E-state index >= 15 is 0 Å². The van der Waals surface area contributed by atoms with Crippen LogP contribution < -0.4 is 15.0 Å². The number of ether oxygens (including phenoxy) is 2. The summed E-state index contributed by atoms with van der Waals surface area (Å²) in [5.41, 5.74) is 3.16. The first kappa shape index (κ1) is 15.7. The molecule has 128 valence electrons. The number of benzene rings is 2. The molecule has 0 spiro atoms. The summed E-state index contributed by atoms with van der Waals surface area (Å²) in [5, 5.41) is 4.38. The number of hydrogen-bond donors (Lipinski definition) is 1. The zero-order valence-corrected chi connectivity index (χ0v) is 14.2. The topological polar surface area (TPSA) is 46.6 Å². The molecule has 1 aromatic heterocycles. The van der Waals surface area contributed by atoms with E-state index in [0.717, 1.165) is 54.5 Å². The van der Waals surface area contributed by atoms with Gasteiger partial charge < -0.3 is 19.7 Å². The Balaban J connectivity index is 1.52. The van der Waals surface area contributed by atoms with Crippen molar-refractivity contribution in [1.29, 1.82) is 0 Å². The molecule has 1 N–H and O–H groups in total. The highest BCUT2D eigenvalue weighted by Gasteiger charge is 2.11. The Morgan fingerprint density at radius 3 is 2.56 bits per heavy atom. The first-order valence-electron chi connectivity index (χ1n) is 8.47. The Bertz CT molecular complexity index is 858. The number of aromatic nitrogens is 1. The molecule has 1 fully saturated rings. The molecule has 5 heteroatoms. The number of nitrogens with zero attached hydrogens (tertiary/aromatic N) is 2. The maximum absolute atomic E-state index is 5.40. The highest BCUT2D eigenvalue weighted by Crippen LogP contribution is 2.27. The normalized spacial score (nSPS) is 14.5. The van der Waals surface area contributed by atoms with Crippen LogP contribution in [0.1, 0.15) is 0 Å². The van der Waals surface area contributed by atoms with Crippen LogP contribution in [-0.4, -0.2) is 38.4 Å². The van der Waals surface area contributed by atoms with Gasteiger partial charge in [-0.3, -0.25) is 0 Å². The fourth-order valence-corrected chi connectivity index (χ4v) is 3.10. The molecule has 1 aliphatic heterocycles. The first-order chi connectivity index (χ1) is 12.3. The zero-order valence-electron chi connectivity index (χ0n) is 14.2. The molecule has 2 heterocycles. The standard InChI is InChI=1S/C20H21N3O2/c1-24-19-4-2-3-18-17(19)9-10-20(22-18)21-15-5-7-16(8-6-15)23-11-13-25-14-12-23/h2-10H,11-14H2,1H3,(H,21,22). The van der Waals surface area contributed by atoms with Crippen LogP contribution in [0.4, 0.5) is 17.2 Å². The number of anilines is 3. The van der Waals surface area contributed by atoms with Crippen LogP contribution in [0, 0.1) is 0 Å². The van der Waals surface area contributed by atoms with Gasteiger partial charge in [-0.1, -0.05) is 6.07 Å². The molecule has 0 bridgehead atoms. The van der Waals surface area contributed by atoms with Gasteiger partial charge in [-0.2, -0.15) is 0 Å². The molecule has 0 unspecified atom stereocenters. The van der Waals surface area contributed by atoms with Crippen molar-refractivity contribution in [2.24, 2.45) is 0 Å². The minimum absolute atomic E-state index is 0.796. The second-order valence-corrected chi connectivity index (χ2v) is 5.99. The number of rotatable bonds is 4. The lowest BCUT2D eigenvalue weighted by Gasteiger charge is -2.28. The van der Waals surface area contributed by atoms with Gasteiger partial charge in [0.05, 0.1) is 25.8 Å². The van der Waals surface area contributed by atoms with Crippen molar-refractivity contribution in [3.05, 3.63) is 54.6 Å². The van der Waals surface area contributed by atoms with E-state index in [4.69, 9.17) is 9.47 Å². The fourth-order valence-electron chi connectivity index (χ4n) is 3.10. The van der Waals surface area contributed by atoms with Crippen molar-refractivity contribution in [3.8, 4) is 5.75 Å². The molecule has 1 saturated heterocycles. The van der Waals surface area contributed by atoms with Gasteiger partial charge in [0.2, 0.25) is 0 Å². The molecule has 1 aliphatic rings. The summed E-state index contributed by atoms with van der Waals surface area (Å²) in [6, 6.07) is 18.3. The van der Waals surface area contributed by atoms with E-state index in [9.17, 15) is 0 Å². The van der Waals surface area contributed by atoms with Crippen LogP contribution in [0.3, 0.4) is 0 Å². The van der Waals surface area contributed by atoms with E-state index in [1.165, 1.54) is 5.69 Å². The second-order valence-electron chi connectivity index (χ2n) is 5.99. The maximum Gasteiger partial charge on any atom is 0.131 e. The second kappa shape index (κ2) is 6.99. The number of nitrogens with one attached hydrogen (secondary N) is 1. The summed E-state index contributed by atoms with van der Waals surface area (Å²) < 4.78 is 10.8. The van der Waals surface area contributed by atoms with Crippen molar-refractivity contribution in [1.82, 2.24) is 4.98 Å². The van der Waals surface area contributed by atoms with Crippen molar-refractivity contribution >= 4 is 28.1 Å². The van der Waals surface area contributed by atoms with Gasteiger partial charge in [0.1, 0.15) is 11.6 Å². The van der Waals surface area contributed by atoms with Gasteiger partial charge in [0.15, 0.2) is 0 Å². The maximum atomic E-state index is 5.40. The van der Waals surface area contributed by atoms with Crippen LogP contribution >= 0.6 is 0 Å². The minimum Gasteiger partial charge on any atom is -0.496 e. The molecule has 5 nitrogen and oxygen atoms in total. The third kappa shape index (κ3) is 3.37. The summed E-state index contributed by atoms with van der Waals surface area (Å²) in [6.07, 6.45) is 0. The molecule has 0 amide bonds. The largest absolute Gasteiger partial charge is 0.496 e. The highest BCUT2D eigenvalue weighted by molar-refractivity contribution is 5.86. The number of pyridine rings is 1. The van der Waals surface area contributed by atoms with Crippen LogP contribution in [-0.2, 0) is 4.74 Å². The van der Waals surface area contributed by atoms with Crippen molar-refractivity contribution < 1.29 is 9.47 Å². The lowest BCUT2D eigenvalue weighted by Crippen LogP contribution is -2.36.